The number of amidine groups is 1. The lowest BCUT2D eigenvalue weighted by Gasteiger charge is -2.40. The van der Waals surface area contributed by atoms with Gasteiger partial charge in [0.2, 0.25) is 0 Å². The second kappa shape index (κ2) is 13.0. The minimum Gasteiger partial charge on any atom is -0.497 e. The number of benzene rings is 3. The maximum absolute atomic E-state index is 14.6. The molecular weight excluding hydrogens is 648 g/mol. The van der Waals surface area contributed by atoms with Crippen molar-refractivity contribution in [1.82, 2.24) is 14.7 Å². The van der Waals surface area contributed by atoms with Gasteiger partial charge < -0.3 is 14.4 Å². The van der Waals surface area contributed by atoms with Gasteiger partial charge in [-0.2, -0.15) is 0 Å². The van der Waals surface area contributed by atoms with E-state index in [1.807, 2.05) is 59.2 Å². The second-order valence-corrected chi connectivity index (χ2v) is 12.3. The summed E-state index contributed by atoms with van der Waals surface area (Å²) in [7, 11) is 1.64. The van der Waals surface area contributed by atoms with Gasteiger partial charge >= 0.3 is 6.03 Å². The van der Waals surface area contributed by atoms with Crippen molar-refractivity contribution < 1.29 is 14.3 Å². The second-order valence-electron chi connectivity index (χ2n) is 10.5. The molecule has 9 heteroatoms. The van der Waals surface area contributed by atoms with Gasteiger partial charge in [-0.05, 0) is 68.3 Å². The predicted octanol–water partition coefficient (Wildman–Crippen LogP) is 7.31. The Hall–Kier alpha value is -2.88. The average Bonchev–Trinajstić information content (AvgIpc) is 3.38. The van der Waals surface area contributed by atoms with Crippen molar-refractivity contribution in [2.75, 3.05) is 39.9 Å². The molecule has 2 aliphatic heterocycles. The number of carbonyl (C=O) groups excluding carboxylic acids is 1. The third-order valence-electron chi connectivity index (χ3n) is 7.74. The van der Waals surface area contributed by atoms with Crippen molar-refractivity contribution in [3.63, 3.8) is 0 Å². The number of nitrogens with zero attached hydrogens (tertiary/aromatic N) is 4. The van der Waals surface area contributed by atoms with Gasteiger partial charge in [-0.1, -0.05) is 56.1 Å². The minimum absolute atomic E-state index is 0.0436. The first-order chi connectivity index (χ1) is 19.8. The number of urea groups is 1. The van der Waals surface area contributed by atoms with Crippen LogP contribution in [0.2, 0.25) is 0 Å². The van der Waals surface area contributed by atoms with Crippen LogP contribution >= 0.6 is 31.9 Å². The maximum Gasteiger partial charge on any atom is 0.326 e. The van der Waals surface area contributed by atoms with Gasteiger partial charge in [0.25, 0.3) is 0 Å². The maximum atomic E-state index is 14.6. The van der Waals surface area contributed by atoms with Gasteiger partial charge in [0.15, 0.2) is 0 Å². The molecule has 3 aromatic carbocycles. The van der Waals surface area contributed by atoms with Gasteiger partial charge in [0.05, 0.1) is 25.3 Å². The highest BCUT2D eigenvalue weighted by molar-refractivity contribution is 9.10. The molecule has 2 heterocycles. The number of carbonyl (C=O) groups is 1. The van der Waals surface area contributed by atoms with Gasteiger partial charge in [-0.15, -0.1) is 0 Å². The van der Waals surface area contributed by atoms with Gasteiger partial charge in [-0.3, -0.25) is 14.8 Å². The molecule has 2 aliphatic rings. The fourth-order valence-electron chi connectivity index (χ4n) is 5.53. The number of halogens is 2. The Morgan fingerprint density at radius 3 is 2.10 bits per heavy atom. The normalized spacial score (nSPS) is 19.4. The topological polar surface area (TPSA) is 57.6 Å². The molecule has 2 unspecified atom stereocenters. The zero-order chi connectivity index (χ0) is 29.1. The zero-order valence-electron chi connectivity index (χ0n) is 23.9. The lowest BCUT2D eigenvalue weighted by Crippen LogP contribution is -2.55. The fourth-order valence-corrected chi connectivity index (χ4v) is 6.05. The first-order valence-corrected chi connectivity index (χ1v) is 15.6. The van der Waals surface area contributed by atoms with E-state index in [1.54, 1.807) is 7.11 Å². The molecule has 0 spiro atoms. The monoisotopic (exact) mass is 682 g/mol. The Kier molecular flexibility index (Phi) is 9.36. The summed E-state index contributed by atoms with van der Waals surface area (Å²) in [5.74, 6) is 1.93. The molecule has 0 radical (unpaired) electrons. The molecule has 0 aliphatic carbocycles. The molecule has 2 atom stereocenters. The quantitative estimate of drug-likeness (QED) is 0.262. The van der Waals surface area contributed by atoms with Crippen LogP contribution < -0.4 is 9.47 Å². The third kappa shape index (κ3) is 6.32. The number of methoxy groups -OCH3 is 1. The van der Waals surface area contributed by atoms with E-state index in [4.69, 9.17) is 14.5 Å². The van der Waals surface area contributed by atoms with Crippen LogP contribution in [-0.4, -0.2) is 72.5 Å². The Balaban J connectivity index is 1.65. The van der Waals surface area contributed by atoms with E-state index in [1.165, 1.54) is 0 Å². The smallest absolute Gasteiger partial charge is 0.326 e. The number of ether oxygens (including phenoxy) is 2. The number of aliphatic imine (C=N–C) groups is 1. The molecule has 0 bridgehead atoms. The number of amides is 2. The van der Waals surface area contributed by atoms with Crippen LogP contribution in [0.15, 0.2) is 80.7 Å². The van der Waals surface area contributed by atoms with Crippen LogP contribution in [0, 0.1) is 0 Å². The van der Waals surface area contributed by atoms with Crippen LogP contribution in [0.5, 0.6) is 11.5 Å². The van der Waals surface area contributed by atoms with Crippen LogP contribution in [0.1, 0.15) is 49.5 Å². The third-order valence-corrected chi connectivity index (χ3v) is 8.80. The van der Waals surface area contributed by atoms with Crippen LogP contribution in [-0.2, 0) is 0 Å². The molecule has 0 aromatic heterocycles. The summed E-state index contributed by atoms with van der Waals surface area (Å²) in [4.78, 5) is 26.2. The summed E-state index contributed by atoms with van der Waals surface area (Å²) in [6, 6.07) is 21.9. The van der Waals surface area contributed by atoms with E-state index in [9.17, 15) is 4.79 Å². The highest BCUT2D eigenvalue weighted by Gasteiger charge is 2.45. The molecule has 1 saturated heterocycles. The van der Waals surface area contributed by atoms with E-state index in [0.29, 0.717) is 43.1 Å². The molecule has 216 valence electrons. The first kappa shape index (κ1) is 29.6. The Bertz CT molecular complexity index is 1390. The molecule has 7 nitrogen and oxygen atoms in total. The summed E-state index contributed by atoms with van der Waals surface area (Å²) in [5.41, 5.74) is 2.81. The van der Waals surface area contributed by atoms with Gasteiger partial charge in [-0.25, -0.2) is 4.79 Å². The van der Waals surface area contributed by atoms with Crippen molar-refractivity contribution in [1.29, 1.82) is 0 Å². The Labute approximate surface area is 259 Å². The van der Waals surface area contributed by atoms with Gasteiger partial charge in [0, 0.05) is 47.2 Å². The number of piperazine rings is 1. The van der Waals surface area contributed by atoms with Crippen molar-refractivity contribution in [3.05, 3.63) is 92.4 Å². The SMILES string of the molecule is CCOc1cc(OC)ccc1C1=NC(c2ccc(Br)cc2)C(c2ccc(Br)cc2)N1C(=O)N1CCN(C(C)C)CC1. The van der Waals surface area contributed by atoms with Crippen molar-refractivity contribution in [3.8, 4) is 11.5 Å². The molecule has 3 aromatic rings. The largest absolute Gasteiger partial charge is 0.497 e. The molecule has 5 rings (SSSR count). The zero-order valence-corrected chi connectivity index (χ0v) is 27.1. The summed E-state index contributed by atoms with van der Waals surface area (Å²) >= 11 is 7.15. The molecule has 0 N–H and O–H groups in total. The number of rotatable bonds is 7. The summed E-state index contributed by atoms with van der Waals surface area (Å²) in [5, 5.41) is 0. The summed E-state index contributed by atoms with van der Waals surface area (Å²) in [6.45, 7) is 9.85. The molecule has 41 heavy (non-hydrogen) atoms. The standard InChI is InChI=1S/C32H36Br2N4O3/c1-5-41-28-20-26(40-4)14-15-27(28)31-35-29(22-6-10-24(33)11-7-22)30(23-8-12-25(34)13-9-23)38(31)32(39)37-18-16-36(17-19-37)21(2)3/h6-15,20-21,29-30H,5,16-19H2,1-4H3. The molecular formula is C32H36Br2N4O3. The van der Waals surface area contributed by atoms with Gasteiger partial charge in [0.1, 0.15) is 23.4 Å². The van der Waals surface area contributed by atoms with Crippen LogP contribution in [0.3, 0.4) is 0 Å². The average molecular weight is 684 g/mol. The van der Waals surface area contributed by atoms with Crippen molar-refractivity contribution in [2.45, 2.75) is 38.9 Å². The van der Waals surface area contributed by atoms with Crippen molar-refractivity contribution >= 4 is 43.7 Å². The lowest BCUT2D eigenvalue weighted by atomic mass is 9.93. The Morgan fingerprint density at radius 2 is 1.54 bits per heavy atom. The van der Waals surface area contributed by atoms with Crippen LogP contribution in [0.25, 0.3) is 0 Å². The van der Waals surface area contributed by atoms with E-state index in [-0.39, 0.29) is 18.1 Å². The molecule has 1 fully saturated rings. The Morgan fingerprint density at radius 1 is 0.927 bits per heavy atom. The van der Waals surface area contributed by atoms with E-state index in [2.05, 4.69) is 74.9 Å². The molecule has 2 amide bonds. The van der Waals surface area contributed by atoms with E-state index < -0.39 is 0 Å². The predicted molar refractivity (Wildman–Crippen MR) is 170 cm³/mol. The summed E-state index contributed by atoms with van der Waals surface area (Å²) < 4.78 is 13.6. The number of hydrogen-bond acceptors (Lipinski definition) is 5. The fraction of sp³-hybridized carbons (Fsp3) is 0.375. The van der Waals surface area contributed by atoms with E-state index >= 15 is 0 Å². The number of hydrogen-bond donors (Lipinski definition) is 0. The van der Waals surface area contributed by atoms with E-state index in [0.717, 1.165) is 38.7 Å². The summed E-state index contributed by atoms with van der Waals surface area (Å²) in [6.07, 6.45) is 0. The van der Waals surface area contributed by atoms with Crippen LogP contribution in [0.4, 0.5) is 4.79 Å². The highest BCUT2D eigenvalue weighted by atomic mass is 79.9. The highest BCUT2D eigenvalue weighted by Crippen LogP contribution is 2.45. The van der Waals surface area contributed by atoms with Crippen molar-refractivity contribution in [2.24, 2.45) is 4.99 Å². The lowest BCUT2D eigenvalue weighted by molar-refractivity contribution is 0.104. The molecule has 0 saturated carbocycles. The minimum atomic E-state index is -0.341. The first-order valence-electron chi connectivity index (χ1n) is 14.0.